The van der Waals surface area contributed by atoms with Crippen LogP contribution in [0, 0.1) is 0 Å². The first-order chi connectivity index (χ1) is 15.4. The molecule has 0 fully saturated rings. The second-order valence-electron chi connectivity index (χ2n) is 8.68. The molecule has 10 heteroatoms. The zero-order valence-corrected chi connectivity index (χ0v) is 23.0. The SMILES string of the molecule is COc1c(/C=C/c2ccc(NS(C)(=O)=O)cc2)cc(-n2ccc(=O)[nH]c2=O)cc1C(C)(C)C.[Na]. The summed E-state index contributed by atoms with van der Waals surface area (Å²) in [4.78, 5) is 26.2. The zero-order valence-electron chi connectivity index (χ0n) is 20.2. The van der Waals surface area contributed by atoms with Crippen LogP contribution in [0.1, 0.15) is 37.5 Å². The van der Waals surface area contributed by atoms with Gasteiger partial charge in [-0.1, -0.05) is 45.1 Å². The Morgan fingerprint density at radius 3 is 2.21 bits per heavy atom. The molecule has 0 bridgehead atoms. The Balaban J connectivity index is 0.00000408. The molecule has 175 valence electrons. The van der Waals surface area contributed by atoms with Crippen LogP contribution in [0.25, 0.3) is 17.8 Å². The fraction of sp³-hybridized carbons (Fsp3) is 0.250. The van der Waals surface area contributed by atoms with Gasteiger partial charge in [0.15, 0.2) is 0 Å². The number of sulfonamides is 1. The number of ether oxygens (including phenoxy) is 1. The monoisotopic (exact) mass is 492 g/mol. The Labute approximate surface area is 221 Å². The Kier molecular flexibility index (Phi) is 8.76. The first-order valence-electron chi connectivity index (χ1n) is 10.2. The summed E-state index contributed by atoms with van der Waals surface area (Å²) >= 11 is 0. The number of nitrogens with zero attached hydrogens (tertiary/aromatic N) is 1. The van der Waals surface area contributed by atoms with Gasteiger partial charge in [0.25, 0.3) is 5.56 Å². The molecule has 0 aliphatic heterocycles. The van der Waals surface area contributed by atoms with Crippen molar-refractivity contribution < 1.29 is 13.2 Å². The number of hydrogen-bond donors (Lipinski definition) is 2. The third-order valence-electron chi connectivity index (χ3n) is 4.89. The third-order valence-corrected chi connectivity index (χ3v) is 5.49. The fourth-order valence-electron chi connectivity index (χ4n) is 3.37. The summed E-state index contributed by atoms with van der Waals surface area (Å²) in [5.74, 6) is 0.676. The summed E-state index contributed by atoms with van der Waals surface area (Å²) in [6.45, 7) is 6.14. The maximum atomic E-state index is 12.4. The Bertz CT molecular complexity index is 1420. The number of hydrogen-bond acceptors (Lipinski definition) is 5. The van der Waals surface area contributed by atoms with Crippen molar-refractivity contribution in [3.8, 4) is 11.4 Å². The van der Waals surface area contributed by atoms with Crippen LogP contribution >= 0.6 is 0 Å². The minimum atomic E-state index is -3.34. The van der Waals surface area contributed by atoms with Crippen molar-refractivity contribution in [2.75, 3.05) is 18.1 Å². The molecule has 0 saturated heterocycles. The van der Waals surface area contributed by atoms with Crippen LogP contribution in [-0.2, 0) is 15.4 Å². The van der Waals surface area contributed by atoms with E-state index in [-0.39, 0.29) is 35.0 Å². The second kappa shape index (κ2) is 10.8. The Morgan fingerprint density at radius 2 is 1.68 bits per heavy atom. The number of nitrogens with one attached hydrogen (secondary N) is 2. The van der Waals surface area contributed by atoms with Gasteiger partial charge < -0.3 is 4.74 Å². The Morgan fingerprint density at radius 1 is 1.03 bits per heavy atom. The molecule has 1 aromatic heterocycles. The first kappa shape index (κ1) is 27.7. The first-order valence-corrected chi connectivity index (χ1v) is 12.1. The van der Waals surface area contributed by atoms with Gasteiger partial charge in [0, 0.05) is 58.6 Å². The quantitative estimate of drug-likeness (QED) is 0.406. The van der Waals surface area contributed by atoms with Crippen molar-refractivity contribution in [2.24, 2.45) is 0 Å². The maximum Gasteiger partial charge on any atom is 0.332 e. The third kappa shape index (κ3) is 6.96. The molecule has 2 aromatic carbocycles. The van der Waals surface area contributed by atoms with Gasteiger partial charge in [-0.05, 0) is 35.2 Å². The maximum absolute atomic E-state index is 12.4. The minimum Gasteiger partial charge on any atom is -0.496 e. The van der Waals surface area contributed by atoms with Gasteiger partial charge in [-0.15, -0.1) is 0 Å². The smallest absolute Gasteiger partial charge is 0.332 e. The molecule has 1 radical (unpaired) electrons. The van der Waals surface area contributed by atoms with E-state index in [4.69, 9.17) is 4.74 Å². The summed E-state index contributed by atoms with van der Waals surface area (Å²) < 4.78 is 32.3. The van der Waals surface area contributed by atoms with Crippen LogP contribution in [0.2, 0.25) is 0 Å². The zero-order chi connectivity index (χ0) is 24.4. The van der Waals surface area contributed by atoms with Crippen LogP contribution in [0.15, 0.2) is 58.3 Å². The van der Waals surface area contributed by atoms with E-state index in [0.717, 1.165) is 22.9 Å². The van der Waals surface area contributed by atoms with E-state index in [0.29, 0.717) is 17.1 Å². The minimum absolute atomic E-state index is 0. The number of methoxy groups -OCH3 is 1. The Hall–Kier alpha value is -2.59. The number of anilines is 1. The van der Waals surface area contributed by atoms with E-state index >= 15 is 0 Å². The summed E-state index contributed by atoms with van der Waals surface area (Å²) in [6, 6.07) is 11.9. The average Bonchev–Trinajstić information content (AvgIpc) is 2.71. The summed E-state index contributed by atoms with van der Waals surface area (Å²) in [7, 11) is -1.75. The summed E-state index contributed by atoms with van der Waals surface area (Å²) in [5, 5.41) is 0. The van der Waals surface area contributed by atoms with Gasteiger partial charge in [-0.2, -0.15) is 0 Å². The van der Waals surface area contributed by atoms with E-state index in [9.17, 15) is 18.0 Å². The van der Waals surface area contributed by atoms with Gasteiger partial charge in [0.1, 0.15) is 5.75 Å². The standard InChI is InChI=1S/C24H27N3O5S.Na/c1-24(2,3)20-15-19(27-13-12-21(28)25-23(27)29)14-17(22(20)32-4)9-6-16-7-10-18(11-8-16)26-33(5,30)31;/h6-15,26H,1-5H3,(H,25,28,29);/b9-6+;. The van der Waals surface area contributed by atoms with E-state index in [1.807, 2.05) is 45.1 Å². The van der Waals surface area contributed by atoms with E-state index in [1.165, 1.54) is 16.8 Å². The van der Waals surface area contributed by atoms with E-state index in [1.54, 1.807) is 31.4 Å². The molecule has 0 atom stereocenters. The molecule has 0 saturated carbocycles. The van der Waals surface area contributed by atoms with Crippen LogP contribution in [0.4, 0.5) is 5.69 Å². The number of benzene rings is 2. The topological polar surface area (TPSA) is 110 Å². The van der Waals surface area contributed by atoms with Crippen LogP contribution in [0.5, 0.6) is 5.75 Å². The number of aromatic nitrogens is 2. The summed E-state index contributed by atoms with van der Waals surface area (Å²) in [5.41, 5.74) is 2.28. The van der Waals surface area contributed by atoms with Crippen molar-refractivity contribution in [1.82, 2.24) is 9.55 Å². The molecule has 1 heterocycles. The van der Waals surface area contributed by atoms with Crippen molar-refractivity contribution in [3.63, 3.8) is 0 Å². The van der Waals surface area contributed by atoms with Gasteiger partial charge in [0.05, 0.1) is 19.1 Å². The van der Waals surface area contributed by atoms with Crippen LogP contribution in [0.3, 0.4) is 0 Å². The van der Waals surface area contributed by atoms with Crippen LogP contribution in [-0.4, -0.2) is 60.9 Å². The van der Waals surface area contributed by atoms with Crippen molar-refractivity contribution >= 4 is 57.4 Å². The molecule has 0 aliphatic rings. The molecule has 34 heavy (non-hydrogen) atoms. The molecular weight excluding hydrogens is 465 g/mol. The molecule has 2 N–H and O–H groups in total. The predicted octanol–water partition coefficient (Wildman–Crippen LogP) is 2.99. The largest absolute Gasteiger partial charge is 0.496 e. The molecular formula is C24H27N3NaO5S. The molecule has 3 aromatic rings. The molecule has 0 spiro atoms. The van der Waals surface area contributed by atoms with Crippen molar-refractivity contribution in [2.45, 2.75) is 26.2 Å². The number of rotatable bonds is 6. The molecule has 0 amide bonds. The fourth-order valence-corrected chi connectivity index (χ4v) is 3.93. The molecule has 0 unspecified atom stereocenters. The molecule has 8 nitrogen and oxygen atoms in total. The number of H-pyrrole nitrogens is 1. The van der Waals surface area contributed by atoms with Gasteiger partial charge >= 0.3 is 5.69 Å². The van der Waals surface area contributed by atoms with Gasteiger partial charge in [-0.3, -0.25) is 19.1 Å². The van der Waals surface area contributed by atoms with Crippen molar-refractivity contribution in [1.29, 1.82) is 0 Å². The van der Waals surface area contributed by atoms with Crippen molar-refractivity contribution in [3.05, 3.63) is 86.2 Å². The van der Waals surface area contributed by atoms with E-state index < -0.39 is 21.3 Å². The molecule has 0 aliphatic carbocycles. The average molecular weight is 493 g/mol. The second-order valence-corrected chi connectivity index (χ2v) is 10.4. The normalized spacial score (nSPS) is 11.8. The summed E-state index contributed by atoms with van der Waals surface area (Å²) in [6.07, 6.45) is 6.28. The molecule has 3 rings (SSSR count). The number of aromatic amines is 1. The van der Waals surface area contributed by atoms with E-state index in [2.05, 4.69) is 9.71 Å². The van der Waals surface area contributed by atoms with Gasteiger partial charge in [0.2, 0.25) is 10.0 Å². The van der Waals surface area contributed by atoms with Crippen LogP contribution < -0.4 is 20.7 Å². The van der Waals surface area contributed by atoms with Gasteiger partial charge in [-0.25, -0.2) is 13.2 Å². The predicted molar refractivity (Wildman–Crippen MR) is 138 cm³/mol.